The number of nitro benzene ring substituents is 1. The molecule has 0 saturated heterocycles. The van der Waals surface area contributed by atoms with E-state index in [4.69, 9.17) is 0 Å². The Balaban J connectivity index is 1.74. The van der Waals surface area contributed by atoms with Crippen LogP contribution >= 0.6 is 0 Å². The van der Waals surface area contributed by atoms with Gasteiger partial charge in [0.25, 0.3) is 5.69 Å². The lowest BCUT2D eigenvalue weighted by molar-refractivity contribution is -0.383. The van der Waals surface area contributed by atoms with Crippen molar-refractivity contribution in [2.45, 2.75) is 12.8 Å². The maximum atomic E-state index is 11.1. The number of rotatable bonds is 6. The SMILES string of the molecule is O=[N+]([O-])c1ccc(NCCCc2ccn[nH]2)c2ccncc12. The fourth-order valence-electron chi connectivity index (χ4n) is 2.41. The van der Waals surface area contributed by atoms with Gasteiger partial charge in [0.2, 0.25) is 0 Å². The predicted molar refractivity (Wildman–Crippen MR) is 83.8 cm³/mol. The number of nitrogens with one attached hydrogen (secondary N) is 2. The molecule has 0 fully saturated rings. The second-order valence-corrected chi connectivity index (χ2v) is 4.92. The van der Waals surface area contributed by atoms with E-state index in [1.807, 2.05) is 6.07 Å². The van der Waals surface area contributed by atoms with Crippen LogP contribution in [0.1, 0.15) is 12.1 Å². The summed E-state index contributed by atoms with van der Waals surface area (Å²) in [6.07, 6.45) is 6.75. The van der Waals surface area contributed by atoms with Gasteiger partial charge in [0.05, 0.1) is 10.3 Å². The number of fused-ring (bicyclic) bond motifs is 1. The summed E-state index contributed by atoms with van der Waals surface area (Å²) in [4.78, 5) is 14.7. The number of H-pyrrole nitrogens is 1. The monoisotopic (exact) mass is 297 g/mol. The molecule has 0 aliphatic rings. The lowest BCUT2D eigenvalue weighted by atomic mass is 10.1. The fraction of sp³-hybridized carbons (Fsp3) is 0.200. The molecule has 2 heterocycles. The van der Waals surface area contributed by atoms with E-state index in [0.29, 0.717) is 5.39 Å². The number of non-ortho nitro benzene ring substituents is 1. The van der Waals surface area contributed by atoms with Crippen molar-refractivity contribution in [2.24, 2.45) is 0 Å². The zero-order valence-corrected chi connectivity index (χ0v) is 11.8. The molecule has 0 aliphatic carbocycles. The highest BCUT2D eigenvalue weighted by Gasteiger charge is 2.13. The number of pyridine rings is 1. The Morgan fingerprint density at radius 2 is 2.09 bits per heavy atom. The molecule has 0 spiro atoms. The number of aromatic amines is 1. The van der Waals surface area contributed by atoms with Gasteiger partial charge in [-0.2, -0.15) is 5.10 Å². The molecule has 1 aromatic carbocycles. The average molecular weight is 297 g/mol. The second-order valence-electron chi connectivity index (χ2n) is 4.92. The van der Waals surface area contributed by atoms with Crippen LogP contribution in [0.5, 0.6) is 0 Å². The van der Waals surface area contributed by atoms with Crippen molar-refractivity contribution in [1.29, 1.82) is 0 Å². The molecule has 2 N–H and O–H groups in total. The summed E-state index contributed by atoms with van der Waals surface area (Å²) in [7, 11) is 0. The van der Waals surface area contributed by atoms with Gasteiger partial charge in [-0.3, -0.25) is 20.2 Å². The molecule has 0 amide bonds. The lowest BCUT2D eigenvalue weighted by Crippen LogP contribution is -2.04. The van der Waals surface area contributed by atoms with Gasteiger partial charge in [-0.25, -0.2) is 0 Å². The quantitative estimate of drug-likeness (QED) is 0.414. The fourth-order valence-corrected chi connectivity index (χ4v) is 2.41. The van der Waals surface area contributed by atoms with E-state index in [-0.39, 0.29) is 10.6 Å². The van der Waals surface area contributed by atoms with Crippen LogP contribution in [0.4, 0.5) is 11.4 Å². The average Bonchev–Trinajstić information content (AvgIpc) is 3.04. The minimum absolute atomic E-state index is 0.0751. The number of benzene rings is 1. The molecular formula is C15H15N5O2. The number of aryl methyl sites for hydroxylation is 1. The predicted octanol–water partition coefficient (Wildman–Crippen LogP) is 2.91. The number of nitro groups is 1. The Morgan fingerprint density at radius 3 is 2.86 bits per heavy atom. The Kier molecular flexibility index (Phi) is 3.95. The van der Waals surface area contributed by atoms with Gasteiger partial charge in [0.15, 0.2) is 0 Å². The van der Waals surface area contributed by atoms with Crippen molar-refractivity contribution in [3.63, 3.8) is 0 Å². The lowest BCUT2D eigenvalue weighted by Gasteiger charge is -2.09. The Hall–Kier alpha value is -2.96. The molecule has 7 nitrogen and oxygen atoms in total. The Morgan fingerprint density at radius 1 is 1.18 bits per heavy atom. The second kappa shape index (κ2) is 6.21. The standard InChI is InChI=1S/C15H15N5O2/c21-20(22)15-4-3-14(12-6-8-16-10-13(12)15)17-7-1-2-11-5-9-18-19-11/h3-6,8-10,17H,1-2,7H2,(H,18,19). The Bertz CT molecular complexity index is 786. The first-order valence-electron chi connectivity index (χ1n) is 6.99. The van der Waals surface area contributed by atoms with Gasteiger partial charge in [0.1, 0.15) is 0 Å². The van der Waals surface area contributed by atoms with E-state index >= 15 is 0 Å². The minimum Gasteiger partial charge on any atom is -0.385 e. The first-order chi connectivity index (χ1) is 10.8. The summed E-state index contributed by atoms with van der Waals surface area (Å²) >= 11 is 0. The first-order valence-corrected chi connectivity index (χ1v) is 6.99. The molecule has 0 aliphatic heterocycles. The molecule has 3 aromatic rings. The van der Waals surface area contributed by atoms with Gasteiger partial charge in [-0.1, -0.05) is 0 Å². The summed E-state index contributed by atoms with van der Waals surface area (Å²) in [5.41, 5.74) is 2.05. The summed E-state index contributed by atoms with van der Waals surface area (Å²) in [6, 6.07) is 7.00. The zero-order chi connectivity index (χ0) is 15.4. The van der Waals surface area contributed by atoms with Gasteiger partial charge in [-0.05, 0) is 31.0 Å². The van der Waals surface area contributed by atoms with E-state index in [1.54, 1.807) is 24.5 Å². The van der Waals surface area contributed by atoms with E-state index in [0.717, 1.165) is 36.2 Å². The minimum atomic E-state index is -0.383. The molecule has 22 heavy (non-hydrogen) atoms. The highest BCUT2D eigenvalue weighted by Crippen LogP contribution is 2.30. The summed E-state index contributed by atoms with van der Waals surface area (Å²) in [5, 5.41) is 22.6. The number of hydrogen-bond acceptors (Lipinski definition) is 5. The molecule has 112 valence electrons. The number of hydrogen-bond donors (Lipinski definition) is 2. The van der Waals surface area contributed by atoms with E-state index < -0.39 is 0 Å². The zero-order valence-electron chi connectivity index (χ0n) is 11.8. The van der Waals surface area contributed by atoms with Crippen molar-refractivity contribution in [1.82, 2.24) is 15.2 Å². The maximum Gasteiger partial charge on any atom is 0.278 e. The van der Waals surface area contributed by atoms with Crippen LogP contribution < -0.4 is 5.32 Å². The summed E-state index contributed by atoms with van der Waals surface area (Å²) < 4.78 is 0. The van der Waals surface area contributed by atoms with Crippen LogP contribution in [-0.4, -0.2) is 26.6 Å². The molecule has 0 atom stereocenters. The molecule has 0 bridgehead atoms. The van der Waals surface area contributed by atoms with E-state index in [2.05, 4.69) is 20.5 Å². The normalized spacial score (nSPS) is 10.7. The largest absolute Gasteiger partial charge is 0.385 e. The number of anilines is 1. The topological polar surface area (TPSA) is 96.7 Å². The third-order valence-electron chi connectivity index (χ3n) is 3.49. The van der Waals surface area contributed by atoms with Gasteiger partial charge < -0.3 is 5.32 Å². The third kappa shape index (κ3) is 2.88. The molecule has 0 unspecified atom stereocenters. The highest BCUT2D eigenvalue weighted by molar-refractivity contribution is 5.99. The van der Waals surface area contributed by atoms with Gasteiger partial charge >= 0.3 is 0 Å². The van der Waals surface area contributed by atoms with E-state index in [1.165, 1.54) is 12.3 Å². The Labute approximate surface area is 126 Å². The van der Waals surface area contributed by atoms with Gasteiger partial charge in [0, 0.05) is 48.0 Å². The first kappa shape index (κ1) is 14.0. The van der Waals surface area contributed by atoms with E-state index in [9.17, 15) is 10.1 Å². The third-order valence-corrected chi connectivity index (χ3v) is 3.49. The summed E-state index contributed by atoms with van der Waals surface area (Å²) in [6.45, 7) is 0.772. The van der Waals surface area contributed by atoms with Crippen LogP contribution in [0.3, 0.4) is 0 Å². The molecule has 0 saturated carbocycles. The van der Waals surface area contributed by atoms with Crippen molar-refractivity contribution in [3.8, 4) is 0 Å². The number of nitrogens with zero attached hydrogens (tertiary/aromatic N) is 3. The highest BCUT2D eigenvalue weighted by atomic mass is 16.6. The molecular weight excluding hydrogens is 282 g/mol. The maximum absolute atomic E-state index is 11.1. The van der Waals surface area contributed by atoms with Crippen molar-refractivity contribution in [2.75, 3.05) is 11.9 Å². The smallest absolute Gasteiger partial charge is 0.278 e. The van der Waals surface area contributed by atoms with Crippen molar-refractivity contribution in [3.05, 3.63) is 58.7 Å². The van der Waals surface area contributed by atoms with Crippen LogP contribution in [-0.2, 0) is 6.42 Å². The van der Waals surface area contributed by atoms with Crippen LogP contribution in [0.15, 0.2) is 42.9 Å². The van der Waals surface area contributed by atoms with Crippen molar-refractivity contribution < 1.29 is 4.92 Å². The van der Waals surface area contributed by atoms with Gasteiger partial charge in [-0.15, -0.1) is 0 Å². The van der Waals surface area contributed by atoms with Crippen LogP contribution in [0.2, 0.25) is 0 Å². The van der Waals surface area contributed by atoms with Crippen LogP contribution in [0.25, 0.3) is 10.8 Å². The molecule has 2 aromatic heterocycles. The molecule has 7 heteroatoms. The molecule has 3 rings (SSSR count). The van der Waals surface area contributed by atoms with Crippen molar-refractivity contribution >= 4 is 22.1 Å². The van der Waals surface area contributed by atoms with Crippen LogP contribution in [0, 0.1) is 10.1 Å². The summed E-state index contributed by atoms with van der Waals surface area (Å²) in [5.74, 6) is 0. The molecule has 0 radical (unpaired) electrons. The number of aromatic nitrogens is 3.